The minimum atomic E-state index is 1.26. The Labute approximate surface area is 80.0 Å². The van der Waals surface area contributed by atoms with Crippen LogP contribution in [0.5, 0.6) is 0 Å². The number of benzene rings is 1. The summed E-state index contributed by atoms with van der Waals surface area (Å²) in [6, 6.07) is 4.91. The van der Waals surface area contributed by atoms with Crippen LogP contribution in [-0.2, 0) is 19.3 Å². The van der Waals surface area contributed by atoms with Crippen LogP contribution in [0.3, 0.4) is 0 Å². The van der Waals surface area contributed by atoms with E-state index in [1.165, 1.54) is 44.1 Å². The average Bonchev–Trinajstić information content (AvgIpc) is 2.61. The van der Waals surface area contributed by atoms with Gasteiger partial charge in [-0.3, -0.25) is 0 Å². The standard InChI is InChI=1S/C13H15/c1-2-5-11-9-13-7-3-6-12(13)8-10(11)4-1/h6,8-9H,1-5,7H2. The maximum atomic E-state index is 2.47. The molecule has 0 aromatic heterocycles. The van der Waals surface area contributed by atoms with Gasteiger partial charge in [-0.25, -0.2) is 0 Å². The Bertz CT molecular complexity index is 303. The number of hydrogen-bond acceptors (Lipinski definition) is 0. The predicted octanol–water partition coefficient (Wildman–Crippen LogP) is 3.06. The summed E-state index contributed by atoms with van der Waals surface area (Å²) in [6.45, 7) is 0. The zero-order valence-corrected chi connectivity index (χ0v) is 7.97. The highest BCUT2D eigenvalue weighted by atomic mass is 14.2. The van der Waals surface area contributed by atoms with Crippen molar-refractivity contribution >= 4 is 0 Å². The van der Waals surface area contributed by atoms with Crippen LogP contribution in [0.1, 0.15) is 41.5 Å². The largest absolute Gasteiger partial charge is 0.0553 e. The van der Waals surface area contributed by atoms with Crippen molar-refractivity contribution in [2.75, 3.05) is 0 Å². The van der Waals surface area contributed by atoms with Crippen molar-refractivity contribution in [2.45, 2.75) is 38.5 Å². The van der Waals surface area contributed by atoms with Crippen LogP contribution in [-0.4, -0.2) is 0 Å². The van der Waals surface area contributed by atoms with Gasteiger partial charge in [0.05, 0.1) is 0 Å². The molecule has 0 nitrogen and oxygen atoms in total. The van der Waals surface area contributed by atoms with Crippen LogP contribution in [0, 0.1) is 6.42 Å². The number of aryl methyl sites for hydroxylation is 3. The molecule has 2 aliphatic rings. The first-order chi connectivity index (χ1) is 6.43. The van der Waals surface area contributed by atoms with E-state index in [2.05, 4.69) is 18.6 Å². The molecule has 1 radical (unpaired) electrons. The van der Waals surface area contributed by atoms with Crippen molar-refractivity contribution in [1.29, 1.82) is 0 Å². The minimum Gasteiger partial charge on any atom is -0.0553 e. The molecule has 0 unspecified atom stereocenters. The fraction of sp³-hybridized carbons (Fsp3) is 0.462. The van der Waals surface area contributed by atoms with E-state index in [1.807, 2.05) is 0 Å². The quantitative estimate of drug-likeness (QED) is 0.562. The van der Waals surface area contributed by atoms with Crippen LogP contribution in [0.25, 0.3) is 0 Å². The van der Waals surface area contributed by atoms with Gasteiger partial charge in [0.25, 0.3) is 0 Å². The number of fused-ring (bicyclic) bond motifs is 2. The zero-order valence-electron chi connectivity index (χ0n) is 7.97. The SMILES string of the molecule is [CH]1CCc2cc3c(cc21)CCCC3. The lowest BCUT2D eigenvalue weighted by Gasteiger charge is -2.17. The summed E-state index contributed by atoms with van der Waals surface area (Å²) in [5.74, 6) is 0. The molecular weight excluding hydrogens is 156 g/mol. The Morgan fingerprint density at radius 2 is 1.54 bits per heavy atom. The highest BCUT2D eigenvalue weighted by Crippen LogP contribution is 2.30. The van der Waals surface area contributed by atoms with Gasteiger partial charge in [0.15, 0.2) is 0 Å². The fourth-order valence-corrected chi connectivity index (χ4v) is 2.65. The second kappa shape index (κ2) is 2.87. The van der Waals surface area contributed by atoms with Gasteiger partial charge in [0, 0.05) is 0 Å². The molecule has 1 aromatic carbocycles. The first-order valence-electron chi connectivity index (χ1n) is 5.41. The molecule has 0 fully saturated rings. The molecule has 0 atom stereocenters. The lowest BCUT2D eigenvalue weighted by Crippen LogP contribution is -2.03. The van der Waals surface area contributed by atoms with Gasteiger partial charge < -0.3 is 0 Å². The molecule has 13 heavy (non-hydrogen) atoms. The molecule has 0 saturated heterocycles. The first-order valence-corrected chi connectivity index (χ1v) is 5.41. The van der Waals surface area contributed by atoms with Gasteiger partial charge in [-0.2, -0.15) is 0 Å². The van der Waals surface area contributed by atoms with Gasteiger partial charge in [0.2, 0.25) is 0 Å². The summed E-state index contributed by atoms with van der Waals surface area (Å²) in [5, 5.41) is 0. The van der Waals surface area contributed by atoms with Crippen molar-refractivity contribution < 1.29 is 0 Å². The molecule has 0 heteroatoms. The first kappa shape index (κ1) is 7.61. The summed E-state index contributed by atoms with van der Waals surface area (Å²) in [4.78, 5) is 0. The van der Waals surface area contributed by atoms with E-state index in [-0.39, 0.29) is 0 Å². The molecule has 0 spiro atoms. The highest BCUT2D eigenvalue weighted by molar-refractivity contribution is 5.45. The van der Waals surface area contributed by atoms with E-state index in [9.17, 15) is 0 Å². The van der Waals surface area contributed by atoms with Crippen LogP contribution >= 0.6 is 0 Å². The maximum absolute atomic E-state index is 2.47. The summed E-state index contributed by atoms with van der Waals surface area (Å²) in [7, 11) is 0. The third-order valence-corrected chi connectivity index (χ3v) is 3.38. The zero-order chi connectivity index (χ0) is 8.67. The van der Waals surface area contributed by atoms with Gasteiger partial charge in [-0.15, -0.1) is 0 Å². The molecule has 67 valence electrons. The Morgan fingerprint density at radius 3 is 2.38 bits per heavy atom. The van der Waals surface area contributed by atoms with E-state index in [0.717, 1.165) is 0 Å². The van der Waals surface area contributed by atoms with Crippen molar-refractivity contribution in [3.63, 3.8) is 0 Å². The number of hydrogen-bond donors (Lipinski definition) is 0. The van der Waals surface area contributed by atoms with Crippen molar-refractivity contribution in [3.05, 3.63) is 40.8 Å². The molecule has 3 rings (SSSR count). The highest BCUT2D eigenvalue weighted by Gasteiger charge is 2.16. The fourth-order valence-electron chi connectivity index (χ4n) is 2.65. The van der Waals surface area contributed by atoms with Gasteiger partial charge >= 0.3 is 0 Å². The molecular formula is C13H15. The Kier molecular flexibility index (Phi) is 1.68. The Morgan fingerprint density at radius 1 is 0.769 bits per heavy atom. The van der Waals surface area contributed by atoms with E-state index in [1.54, 1.807) is 16.7 Å². The third-order valence-electron chi connectivity index (χ3n) is 3.38. The third kappa shape index (κ3) is 1.20. The molecule has 0 amide bonds. The lowest BCUT2D eigenvalue weighted by atomic mass is 9.89. The molecule has 0 aliphatic heterocycles. The molecule has 0 heterocycles. The molecule has 2 aliphatic carbocycles. The maximum Gasteiger partial charge on any atom is -0.00869 e. The predicted molar refractivity (Wildman–Crippen MR) is 54.8 cm³/mol. The average molecular weight is 171 g/mol. The molecule has 0 bridgehead atoms. The van der Waals surface area contributed by atoms with Crippen LogP contribution in [0.2, 0.25) is 0 Å². The molecule has 1 aromatic rings. The topological polar surface area (TPSA) is 0 Å². The molecule has 0 N–H and O–H groups in total. The summed E-state index contributed by atoms with van der Waals surface area (Å²) < 4.78 is 0. The van der Waals surface area contributed by atoms with Crippen LogP contribution in [0.4, 0.5) is 0 Å². The van der Waals surface area contributed by atoms with E-state index < -0.39 is 0 Å². The lowest BCUT2D eigenvalue weighted by molar-refractivity contribution is 0.684. The van der Waals surface area contributed by atoms with Gasteiger partial charge in [0.1, 0.15) is 0 Å². The normalized spacial score (nSPS) is 19.7. The van der Waals surface area contributed by atoms with Crippen molar-refractivity contribution in [1.82, 2.24) is 0 Å². The second-order valence-corrected chi connectivity index (χ2v) is 4.27. The van der Waals surface area contributed by atoms with E-state index >= 15 is 0 Å². The number of rotatable bonds is 0. The van der Waals surface area contributed by atoms with E-state index in [4.69, 9.17) is 0 Å². The van der Waals surface area contributed by atoms with E-state index in [0.29, 0.717) is 0 Å². The Hall–Kier alpha value is -0.780. The minimum absolute atomic E-state index is 1.26. The van der Waals surface area contributed by atoms with Crippen LogP contribution < -0.4 is 0 Å². The monoisotopic (exact) mass is 171 g/mol. The summed E-state index contributed by atoms with van der Waals surface area (Å²) in [5.41, 5.74) is 6.39. The van der Waals surface area contributed by atoms with Gasteiger partial charge in [-0.1, -0.05) is 12.1 Å². The van der Waals surface area contributed by atoms with Gasteiger partial charge in [-0.05, 0) is 67.2 Å². The smallest absolute Gasteiger partial charge is 0.00869 e. The van der Waals surface area contributed by atoms with Crippen molar-refractivity contribution in [3.8, 4) is 0 Å². The Balaban J connectivity index is 2.11. The second-order valence-electron chi connectivity index (χ2n) is 4.27. The summed E-state index contributed by atoms with van der Waals surface area (Å²) in [6.07, 6.45) is 10.4. The van der Waals surface area contributed by atoms with Crippen molar-refractivity contribution in [2.24, 2.45) is 0 Å². The summed E-state index contributed by atoms with van der Waals surface area (Å²) >= 11 is 0. The molecule has 0 saturated carbocycles. The van der Waals surface area contributed by atoms with Crippen LogP contribution in [0.15, 0.2) is 12.1 Å².